The zero-order valence-corrected chi connectivity index (χ0v) is 8.81. The van der Waals surface area contributed by atoms with Crippen LogP contribution in [0.25, 0.3) is 0 Å². The van der Waals surface area contributed by atoms with Gasteiger partial charge in [0.2, 0.25) is 10.0 Å². The minimum atomic E-state index is -3.11. The van der Waals surface area contributed by atoms with E-state index < -0.39 is 10.0 Å². The maximum Gasteiger partial charge on any atom is 0.239 e. The number of aromatic nitrogens is 1. The van der Waals surface area contributed by atoms with E-state index in [1.807, 2.05) is 0 Å². The highest BCUT2D eigenvalue weighted by Gasteiger charge is 2.39. The van der Waals surface area contributed by atoms with Crippen LogP contribution in [0.4, 0.5) is 5.13 Å². The molecule has 1 aromatic rings. The van der Waals surface area contributed by atoms with Crippen molar-refractivity contribution in [1.82, 2.24) is 4.98 Å². The highest BCUT2D eigenvalue weighted by Crippen LogP contribution is 2.33. The minimum Gasteiger partial charge on any atom is -0.248 e. The van der Waals surface area contributed by atoms with E-state index in [1.54, 1.807) is 18.6 Å². The molecule has 1 fully saturated rings. The zero-order chi connectivity index (χ0) is 9.47. The first-order chi connectivity index (χ1) is 6.12. The van der Waals surface area contributed by atoms with Crippen LogP contribution in [-0.2, 0) is 10.0 Å². The number of hydrogen-bond acceptors (Lipinski definition) is 4. The van der Waals surface area contributed by atoms with Gasteiger partial charge < -0.3 is 0 Å². The Hall–Kier alpha value is -0.620. The lowest BCUT2D eigenvalue weighted by Crippen LogP contribution is -2.29. The number of sulfonamides is 1. The van der Waals surface area contributed by atoms with Crippen molar-refractivity contribution in [1.29, 1.82) is 0 Å². The number of thiazole rings is 1. The summed E-state index contributed by atoms with van der Waals surface area (Å²) in [4.78, 5) is 3.96. The van der Waals surface area contributed by atoms with E-state index in [0.29, 0.717) is 5.13 Å². The molecule has 0 aromatic carbocycles. The highest BCUT2D eigenvalue weighted by atomic mass is 32.2. The largest absolute Gasteiger partial charge is 0.248 e. The molecule has 72 valence electrons. The van der Waals surface area contributed by atoms with Crippen LogP contribution in [0.2, 0.25) is 0 Å². The molecule has 0 radical (unpaired) electrons. The van der Waals surface area contributed by atoms with E-state index in [2.05, 4.69) is 4.98 Å². The molecule has 1 aliphatic carbocycles. The molecule has 1 aromatic heterocycles. The van der Waals surface area contributed by atoms with Gasteiger partial charge in [0, 0.05) is 18.6 Å². The molecule has 6 heteroatoms. The summed E-state index contributed by atoms with van der Waals surface area (Å²) in [5.74, 6) is 0. The lowest BCUT2D eigenvalue weighted by Gasteiger charge is -2.15. The summed E-state index contributed by atoms with van der Waals surface area (Å²) in [5, 5.41) is 2.15. The van der Waals surface area contributed by atoms with Crippen molar-refractivity contribution in [2.75, 3.05) is 11.4 Å². The molecule has 2 rings (SSSR count). The number of nitrogens with zero attached hydrogens (tertiary/aromatic N) is 2. The molecule has 0 aliphatic heterocycles. The van der Waals surface area contributed by atoms with Gasteiger partial charge in [0.1, 0.15) is 0 Å². The molecule has 1 aliphatic rings. The maximum atomic E-state index is 11.7. The Kier molecular flexibility index (Phi) is 2.03. The van der Waals surface area contributed by atoms with Gasteiger partial charge in [0.25, 0.3) is 0 Å². The van der Waals surface area contributed by atoms with Gasteiger partial charge in [0.15, 0.2) is 5.13 Å². The van der Waals surface area contributed by atoms with Gasteiger partial charge in [-0.2, -0.15) is 0 Å². The second-order valence-corrected chi connectivity index (χ2v) is 6.14. The van der Waals surface area contributed by atoms with Crippen LogP contribution < -0.4 is 4.31 Å². The Morgan fingerprint density at radius 1 is 1.62 bits per heavy atom. The fourth-order valence-corrected chi connectivity index (χ4v) is 3.47. The summed E-state index contributed by atoms with van der Waals surface area (Å²) in [6, 6.07) is 0. The van der Waals surface area contributed by atoms with E-state index in [4.69, 9.17) is 0 Å². The van der Waals surface area contributed by atoms with Crippen molar-refractivity contribution < 1.29 is 8.42 Å². The normalized spacial score (nSPS) is 17.3. The fraction of sp³-hybridized carbons (Fsp3) is 0.571. The SMILES string of the molecule is CN(c1nccs1)S(=O)(=O)C1CC1. The van der Waals surface area contributed by atoms with E-state index in [0.717, 1.165) is 12.8 Å². The van der Waals surface area contributed by atoms with E-state index in [9.17, 15) is 8.42 Å². The third-order valence-corrected chi connectivity index (χ3v) is 5.23. The van der Waals surface area contributed by atoms with Crippen LogP contribution in [0.3, 0.4) is 0 Å². The van der Waals surface area contributed by atoms with Crippen LogP contribution in [-0.4, -0.2) is 25.7 Å². The van der Waals surface area contributed by atoms with Crippen molar-refractivity contribution >= 4 is 26.5 Å². The van der Waals surface area contributed by atoms with Gasteiger partial charge in [-0.3, -0.25) is 0 Å². The Labute approximate surface area is 81.3 Å². The fourth-order valence-electron chi connectivity index (χ4n) is 1.07. The molecule has 0 saturated heterocycles. The predicted octanol–water partition coefficient (Wildman–Crippen LogP) is 1.07. The molecule has 13 heavy (non-hydrogen) atoms. The summed E-state index contributed by atoms with van der Waals surface area (Å²) >= 11 is 1.34. The van der Waals surface area contributed by atoms with Gasteiger partial charge in [-0.05, 0) is 12.8 Å². The zero-order valence-electron chi connectivity index (χ0n) is 7.17. The first-order valence-corrected chi connectivity index (χ1v) is 6.38. The predicted molar refractivity (Wildman–Crippen MR) is 52.5 cm³/mol. The second kappa shape index (κ2) is 2.95. The average molecular weight is 218 g/mol. The topological polar surface area (TPSA) is 50.3 Å². The van der Waals surface area contributed by atoms with Crippen molar-refractivity contribution in [3.8, 4) is 0 Å². The summed E-state index contributed by atoms with van der Waals surface area (Å²) in [6.45, 7) is 0. The second-order valence-electron chi connectivity index (χ2n) is 3.03. The Morgan fingerprint density at radius 3 is 2.77 bits per heavy atom. The van der Waals surface area contributed by atoms with Crippen molar-refractivity contribution in [2.24, 2.45) is 0 Å². The molecule has 0 atom stereocenters. The molecular formula is C7H10N2O2S2. The van der Waals surface area contributed by atoms with Crippen molar-refractivity contribution in [2.45, 2.75) is 18.1 Å². The summed E-state index contributed by atoms with van der Waals surface area (Å²) < 4.78 is 24.7. The average Bonchev–Trinajstić information content (AvgIpc) is 2.82. The summed E-state index contributed by atoms with van der Waals surface area (Å²) in [5.41, 5.74) is 0. The molecule has 1 saturated carbocycles. The van der Waals surface area contributed by atoms with Gasteiger partial charge in [-0.1, -0.05) is 0 Å². The van der Waals surface area contributed by atoms with Gasteiger partial charge in [-0.25, -0.2) is 17.7 Å². The molecule has 1 heterocycles. The molecule has 0 N–H and O–H groups in total. The van der Waals surface area contributed by atoms with Crippen LogP contribution in [0.5, 0.6) is 0 Å². The summed E-state index contributed by atoms with van der Waals surface area (Å²) in [6.07, 6.45) is 3.19. The van der Waals surface area contributed by atoms with Crippen LogP contribution in [0.1, 0.15) is 12.8 Å². The number of rotatable bonds is 3. The Bertz CT molecular complexity index is 381. The van der Waals surface area contributed by atoms with Crippen LogP contribution >= 0.6 is 11.3 Å². The molecular weight excluding hydrogens is 208 g/mol. The van der Waals surface area contributed by atoms with Crippen molar-refractivity contribution in [3.05, 3.63) is 11.6 Å². The molecule has 4 nitrogen and oxygen atoms in total. The van der Waals surface area contributed by atoms with Gasteiger partial charge >= 0.3 is 0 Å². The molecule has 0 unspecified atom stereocenters. The lowest BCUT2D eigenvalue weighted by atomic mass is 11.0. The minimum absolute atomic E-state index is 0.165. The first kappa shape index (κ1) is 8.96. The number of anilines is 1. The van der Waals surface area contributed by atoms with Gasteiger partial charge in [0.05, 0.1) is 5.25 Å². The number of hydrogen-bond donors (Lipinski definition) is 0. The standard InChI is InChI=1S/C7H10N2O2S2/c1-9(7-8-4-5-12-7)13(10,11)6-2-3-6/h4-6H,2-3H2,1H3. The van der Waals surface area contributed by atoms with Crippen molar-refractivity contribution in [3.63, 3.8) is 0 Å². The monoisotopic (exact) mass is 218 g/mol. The molecule has 0 bridgehead atoms. The highest BCUT2D eigenvalue weighted by molar-refractivity contribution is 7.93. The third kappa shape index (κ3) is 1.55. The molecule has 0 spiro atoms. The van der Waals surface area contributed by atoms with Crippen LogP contribution in [0.15, 0.2) is 11.6 Å². The first-order valence-electron chi connectivity index (χ1n) is 3.99. The maximum absolute atomic E-state index is 11.7. The quantitative estimate of drug-likeness (QED) is 0.762. The Balaban J connectivity index is 2.26. The smallest absolute Gasteiger partial charge is 0.239 e. The lowest BCUT2D eigenvalue weighted by molar-refractivity contribution is 0.593. The van der Waals surface area contributed by atoms with E-state index in [-0.39, 0.29) is 5.25 Å². The molecule has 0 amide bonds. The summed E-state index contributed by atoms with van der Waals surface area (Å²) in [7, 11) is -1.55. The van der Waals surface area contributed by atoms with Crippen LogP contribution in [0, 0.1) is 0 Å². The van der Waals surface area contributed by atoms with E-state index >= 15 is 0 Å². The van der Waals surface area contributed by atoms with Gasteiger partial charge in [-0.15, -0.1) is 11.3 Å². The third-order valence-electron chi connectivity index (χ3n) is 2.02. The van der Waals surface area contributed by atoms with E-state index in [1.165, 1.54) is 15.6 Å². The Morgan fingerprint density at radius 2 is 2.31 bits per heavy atom.